The summed E-state index contributed by atoms with van der Waals surface area (Å²) < 4.78 is 43.0. The first-order chi connectivity index (χ1) is 10.8. The van der Waals surface area contributed by atoms with Crippen LogP contribution >= 0.6 is 0 Å². The van der Waals surface area contributed by atoms with Crippen LogP contribution in [0.4, 0.5) is 0 Å². The zero-order chi connectivity index (χ0) is 17.7. The van der Waals surface area contributed by atoms with Crippen LogP contribution in [0.5, 0.6) is 5.75 Å². The summed E-state index contributed by atoms with van der Waals surface area (Å²) in [5.41, 5.74) is 1.09. The molecule has 0 bridgehead atoms. The Bertz CT molecular complexity index is 557. The van der Waals surface area contributed by atoms with Crippen molar-refractivity contribution in [3.63, 3.8) is 0 Å². The van der Waals surface area contributed by atoms with Crippen molar-refractivity contribution in [2.75, 3.05) is 0 Å². The van der Waals surface area contributed by atoms with E-state index in [0.29, 0.717) is 5.75 Å². The zero-order valence-electron chi connectivity index (χ0n) is 13.3. The Hall–Kier alpha value is -0.960. The molecule has 23 heavy (non-hydrogen) atoms. The smallest absolute Gasteiger partial charge is 0.373 e. The van der Waals surface area contributed by atoms with Crippen LogP contribution in [0.25, 0.3) is 0 Å². The Labute approximate surface area is 140 Å². The van der Waals surface area contributed by atoms with Crippen molar-refractivity contribution < 1.29 is 26.8 Å². The predicted molar refractivity (Wildman–Crippen MR) is 92.1 cm³/mol. The highest BCUT2D eigenvalue weighted by Gasteiger charge is 2.10. The van der Waals surface area contributed by atoms with Gasteiger partial charge in [-0.15, -0.1) is 0 Å². The summed E-state index contributed by atoms with van der Waals surface area (Å²) in [4.78, 5) is 0. The fourth-order valence-corrected chi connectivity index (χ4v) is 1.99. The number of unbranched alkanes of at least 4 members (excludes halogenated alkanes) is 6. The van der Waals surface area contributed by atoms with Gasteiger partial charge in [-0.2, -0.15) is 8.42 Å². The Morgan fingerprint density at radius 3 is 1.96 bits per heavy atom. The molecule has 1 atom stereocenters. The number of hydrogen-bond acceptors (Lipinski definition) is 4. The van der Waals surface area contributed by atoms with Crippen LogP contribution in [0.2, 0.25) is 0 Å². The van der Waals surface area contributed by atoms with Crippen LogP contribution in [0, 0.1) is 0 Å². The molecule has 134 valence electrons. The maximum Gasteiger partial charge on any atom is 0.373 e. The molecular formula is C15H26O6S2. The van der Waals surface area contributed by atoms with E-state index in [1.165, 1.54) is 44.9 Å². The predicted octanol–water partition coefficient (Wildman–Crippen LogP) is 3.70. The molecule has 8 heteroatoms. The van der Waals surface area contributed by atoms with Crippen molar-refractivity contribution in [1.29, 1.82) is 0 Å². The fraction of sp³-hybridized carbons (Fsp3) is 0.600. The van der Waals surface area contributed by atoms with Gasteiger partial charge in [0.05, 0.1) is 0 Å². The summed E-state index contributed by atoms with van der Waals surface area (Å²) in [5, 5.41) is 9.58. The highest BCUT2D eigenvalue weighted by molar-refractivity contribution is 8.59. The summed E-state index contributed by atoms with van der Waals surface area (Å²) in [7, 11) is -7.87. The molecule has 0 aliphatic carbocycles. The van der Waals surface area contributed by atoms with Gasteiger partial charge >= 0.3 is 19.3 Å². The fourth-order valence-electron chi connectivity index (χ4n) is 1.99. The molecule has 0 heterocycles. The second-order valence-electron chi connectivity index (χ2n) is 5.14. The molecule has 0 radical (unpaired) electrons. The largest absolute Gasteiger partial charge is 0.508 e. The zero-order valence-corrected chi connectivity index (χ0v) is 15.0. The first kappa shape index (κ1) is 22.0. The van der Waals surface area contributed by atoms with E-state index >= 15 is 0 Å². The van der Waals surface area contributed by atoms with Crippen molar-refractivity contribution in [3.05, 3.63) is 29.8 Å². The van der Waals surface area contributed by atoms with Gasteiger partial charge < -0.3 is 5.11 Å². The van der Waals surface area contributed by atoms with E-state index < -0.39 is 19.3 Å². The van der Waals surface area contributed by atoms with Gasteiger partial charge in [-0.1, -0.05) is 63.6 Å². The molecule has 0 saturated carbocycles. The first-order valence-corrected chi connectivity index (χ1v) is 10.7. The molecule has 1 rings (SSSR count). The molecule has 0 fully saturated rings. The lowest BCUT2D eigenvalue weighted by molar-refractivity contribution is 0.466. The lowest BCUT2D eigenvalue weighted by atomic mass is 10.0. The van der Waals surface area contributed by atoms with Crippen LogP contribution in [0.1, 0.15) is 57.4 Å². The van der Waals surface area contributed by atoms with Crippen molar-refractivity contribution >= 4 is 19.3 Å². The summed E-state index contributed by atoms with van der Waals surface area (Å²) >= 11 is 0. The molecule has 1 aromatic rings. The van der Waals surface area contributed by atoms with Crippen LogP contribution in [0.15, 0.2) is 24.3 Å². The van der Waals surface area contributed by atoms with Crippen molar-refractivity contribution in [3.8, 4) is 5.75 Å². The lowest BCUT2D eigenvalue weighted by Crippen LogP contribution is -2.03. The van der Waals surface area contributed by atoms with E-state index in [-0.39, 0.29) is 0 Å². The Balaban J connectivity index is 0.000000585. The molecule has 0 aliphatic heterocycles. The van der Waals surface area contributed by atoms with E-state index in [4.69, 9.17) is 9.11 Å². The Morgan fingerprint density at radius 1 is 1.00 bits per heavy atom. The Kier molecular flexibility index (Phi) is 11.9. The van der Waals surface area contributed by atoms with Crippen LogP contribution in [-0.2, 0) is 25.7 Å². The van der Waals surface area contributed by atoms with Gasteiger partial charge in [0, 0.05) is 0 Å². The average Bonchev–Trinajstić information content (AvgIpc) is 2.48. The van der Waals surface area contributed by atoms with Crippen LogP contribution in [-0.4, -0.2) is 26.8 Å². The Morgan fingerprint density at radius 2 is 1.48 bits per heavy atom. The van der Waals surface area contributed by atoms with Gasteiger partial charge in [0.25, 0.3) is 0 Å². The molecule has 1 aromatic carbocycles. The van der Waals surface area contributed by atoms with Crippen molar-refractivity contribution in [2.24, 2.45) is 0 Å². The molecule has 1 unspecified atom stereocenters. The molecular weight excluding hydrogens is 340 g/mol. The van der Waals surface area contributed by atoms with Gasteiger partial charge in [-0.3, -0.25) is 9.11 Å². The van der Waals surface area contributed by atoms with Gasteiger partial charge in [-0.05, 0) is 24.5 Å². The van der Waals surface area contributed by atoms with Crippen molar-refractivity contribution in [2.45, 2.75) is 58.3 Å². The molecule has 6 nitrogen and oxygen atoms in total. The van der Waals surface area contributed by atoms with Gasteiger partial charge in [0.2, 0.25) is 0 Å². The third kappa shape index (κ3) is 12.2. The minimum Gasteiger partial charge on any atom is -0.508 e. The normalized spacial score (nSPS) is 12.3. The van der Waals surface area contributed by atoms with Crippen LogP contribution in [0.3, 0.4) is 0 Å². The quantitative estimate of drug-likeness (QED) is 0.266. The second kappa shape index (κ2) is 12.5. The molecule has 0 amide bonds. The minimum atomic E-state index is -4.71. The molecule has 0 aromatic heterocycles. The average molecular weight is 367 g/mol. The van der Waals surface area contributed by atoms with E-state index in [1.54, 1.807) is 6.07 Å². The number of para-hydroxylation sites is 1. The molecule has 0 saturated heterocycles. The minimum absolute atomic E-state index is 0.452. The topological polar surface area (TPSA) is 112 Å². The monoisotopic (exact) mass is 366 g/mol. The third-order valence-electron chi connectivity index (χ3n) is 3.22. The number of hydrogen-bond donors (Lipinski definition) is 3. The van der Waals surface area contributed by atoms with Crippen molar-refractivity contribution in [1.82, 2.24) is 0 Å². The summed E-state index contributed by atoms with van der Waals surface area (Å²) in [6, 6.07) is 7.67. The van der Waals surface area contributed by atoms with E-state index in [2.05, 4.69) is 6.92 Å². The standard InChI is InChI=1S/C15H24O.H2O5S2/c1-2-3-4-5-6-7-8-11-14-12-9-10-13-15(14)16;1-6(2)7(3,4)5/h9-10,12-13,16H,2-8,11H2,1H3;(H,1,2)(H,3,4,5). The molecule has 0 aliphatic rings. The maximum atomic E-state index is 9.58. The number of benzene rings is 1. The molecule has 0 spiro atoms. The SMILES string of the molecule is CCCCCCCCCc1ccccc1O.O=S(O)S(=O)(=O)O. The number of phenols is 1. The second-order valence-corrected chi connectivity index (χ2v) is 8.55. The van der Waals surface area contributed by atoms with E-state index in [1.807, 2.05) is 18.2 Å². The van der Waals surface area contributed by atoms with Gasteiger partial charge in [0.15, 0.2) is 0 Å². The van der Waals surface area contributed by atoms with Gasteiger partial charge in [0.1, 0.15) is 5.75 Å². The van der Waals surface area contributed by atoms with Gasteiger partial charge in [-0.25, -0.2) is 4.21 Å². The summed E-state index contributed by atoms with van der Waals surface area (Å²) in [6.45, 7) is 2.25. The number of phenolic OH excluding ortho intramolecular Hbond substituents is 1. The number of aryl methyl sites for hydroxylation is 1. The third-order valence-corrected chi connectivity index (χ3v) is 4.66. The highest BCUT2D eigenvalue weighted by atomic mass is 33.2. The summed E-state index contributed by atoms with van der Waals surface area (Å²) in [6.07, 6.45) is 10.3. The highest BCUT2D eigenvalue weighted by Crippen LogP contribution is 2.18. The number of rotatable bonds is 9. The van der Waals surface area contributed by atoms with E-state index in [0.717, 1.165) is 12.0 Å². The lowest BCUT2D eigenvalue weighted by Gasteiger charge is -2.04. The molecule has 3 N–H and O–H groups in total. The maximum absolute atomic E-state index is 9.58. The number of aromatic hydroxyl groups is 1. The first-order valence-electron chi connectivity index (χ1n) is 7.64. The van der Waals surface area contributed by atoms with Crippen LogP contribution < -0.4 is 0 Å². The summed E-state index contributed by atoms with van der Waals surface area (Å²) in [5.74, 6) is 0.452. The van der Waals surface area contributed by atoms with E-state index in [9.17, 15) is 17.7 Å².